The fraction of sp³-hybridized carbons (Fsp3) is 0.310. The summed E-state index contributed by atoms with van der Waals surface area (Å²) in [5.74, 6) is -1.02. The van der Waals surface area contributed by atoms with Crippen molar-refractivity contribution in [3.8, 4) is 0 Å². The van der Waals surface area contributed by atoms with Crippen LogP contribution in [0.3, 0.4) is 0 Å². The molecule has 0 fully saturated rings. The second-order valence-corrected chi connectivity index (χ2v) is 13.6. The molecule has 0 aliphatic rings. The van der Waals surface area contributed by atoms with E-state index in [1.54, 1.807) is 43.3 Å². The van der Waals surface area contributed by atoms with E-state index in [-0.39, 0.29) is 27.2 Å². The van der Waals surface area contributed by atoms with Crippen molar-refractivity contribution in [2.45, 2.75) is 57.6 Å². The highest BCUT2D eigenvalue weighted by atomic mass is 35.5. The van der Waals surface area contributed by atoms with Crippen LogP contribution in [0, 0.1) is 6.92 Å². The lowest BCUT2D eigenvalue weighted by molar-refractivity contribution is -0.140. The van der Waals surface area contributed by atoms with Crippen LogP contribution in [-0.2, 0) is 26.2 Å². The summed E-state index contributed by atoms with van der Waals surface area (Å²) in [7, 11) is -4.25. The number of halogens is 3. The van der Waals surface area contributed by atoms with E-state index >= 15 is 0 Å². The summed E-state index contributed by atoms with van der Waals surface area (Å²) < 4.78 is 28.7. The van der Waals surface area contributed by atoms with E-state index < -0.39 is 40.0 Å². The fourth-order valence-electron chi connectivity index (χ4n) is 3.92. The van der Waals surface area contributed by atoms with Crippen molar-refractivity contribution in [3.63, 3.8) is 0 Å². The number of carbonyl (C=O) groups is 2. The minimum Gasteiger partial charge on any atom is -0.350 e. The van der Waals surface area contributed by atoms with Crippen molar-refractivity contribution < 1.29 is 18.0 Å². The number of amides is 2. The number of sulfonamides is 1. The van der Waals surface area contributed by atoms with E-state index in [1.807, 2.05) is 27.7 Å². The average molecular weight is 625 g/mol. The molecule has 0 heterocycles. The lowest BCUT2D eigenvalue weighted by Gasteiger charge is -2.33. The third kappa shape index (κ3) is 8.13. The number of nitrogens with zero attached hydrogens (tertiary/aromatic N) is 2. The molecule has 0 saturated heterocycles. The van der Waals surface area contributed by atoms with Gasteiger partial charge in [0.2, 0.25) is 11.8 Å². The first-order valence-corrected chi connectivity index (χ1v) is 15.1. The summed E-state index contributed by atoms with van der Waals surface area (Å²) in [6, 6.07) is 16.6. The average Bonchev–Trinajstić information content (AvgIpc) is 2.84. The fourth-order valence-corrected chi connectivity index (χ4v) is 6.02. The standard InChI is InChI=1S/C29H32Cl3N3O4S/c1-19-10-12-25(13-11-19)40(38,39)35(24-15-22(30)14-23(31)16-24)18-27(36)34(17-21-8-6-7-9-26(21)32)20(2)28(37)33-29(3,4)5/h6-16,20H,17-18H2,1-5H3,(H,33,37)/t20-/m0/s1. The molecule has 11 heteroatoms. The molecule has 214 valence electrons. The van der Waals surface area contributed by atoms with Gasteiger partial charge in [-0.25, -0.2) is 8.42 Å². The molecule has 0 aliphatic heterocycles. The number of anilines is 1. The maximum Gasteiger partial charge on any atom is 0.264 e. The summed E-state index contributed by atoms with van der Waals surface area (Å²) in [6.45, 7) is 8.27. The smallest absolute Gasteiger partial charge is 0.264 e. The topological polar surface area (TPSA) is 86.8 Å². The van der Waals surface area contributed by atoms with Gasteiger partial charge in [0.25, 0.3) is 10.0 Å². The Bertz CT molecular complexity index is 1470. The molecule has 0 aromatic heterocycles. The number of carbonyl (C=O) groups excluding carboxylic acids is 2. The first kappa shape index (κ1) is 31.7. The third-order valence-corrected chi connectivity index (χ3v) is 8.58. The minimum atomic E-state index is -4.25. The molecule has 0 radical (unpaired) electrons. The van der Waals surface area contributed by atoms with Crippen LogP contribution in [0.2, 0.25) is 15.1 Å². The molecule has 7 nitrogen and oxygen atoms in total. The molecule has 1 N–H and O–H groups in total. The molecule has 40 heavy (non-hydrogen) atoms. The molecule has 1 atom stereocenters. The molecule has 0 spiro atoms. The molecule has 0 bridgehead atoms. The molecule has 3 aromatic rings. The second-order valence-electron chi connectivity index (χ2n) is 10.5. The van der Waals surface area contributed by atoms with Gasteiger partial charge in [0.15, 0.2) is 0 Å². The lowest BCUT2D eigenvalue weighted by atomic mass is 10.1. The van der Waals surface area contributed by atoms with Gasteiger partial charge in [0, 0.05) is 27.2 Å². The number of benzene rings is 3. The Labute approximate surface area is 251 Å². The highest BCUT2D eigenvalue weighted by Crippen LogP contribution is 2.30. The Morgan fingerprint density at radius 1 is 0.925 bits per heavy atom. The largest absolute Gasteiger partial charge is 0.350 e. The van der Waals surface area contributed by atoms with Gasteiger partial charge < -0.3 is 10.2 Å². The SMILES string of the molecule is Cc1ccc(S(=O)(=O)N(CC(=O)N(Cc2ccccc2Cl)[C@@H](C)C(=O)NC(C)(C)C)c2cc(Cl)cc(Cl)c2)cc1. The van der Waals surface area contributed by atoms with Gasteiger partial charge in [-0.3, -0.25) is 13.9 Å². The van der Waals surface area contributed by atoms with Crippen molar-refractivity contribution in [1.29, 1.82) is 0 Å². The highest BCUT2D eigenvalue weighted by Gasteiger charge is 2.34. The summed E-state index contributed by atoms with van der Waals surface area (Å²) in [5.41, 5.74) is 1.03. The van der Waals surface area contributed by atoms with Gasteiger partial charge in [-0.15, -0.1) is 0 Å². The van der Waals surface area contributed by atoms with Crippen LogP contribution in [0.15, 0.2) is 71.6 Å². The van der Waals surface area contributed by atoms with Crippen LogP contribution in [0.4, 0.5) is 5.69 Å². The zero-order valence-corrected chi connectivity index (χ0v) is 26.0. The Kier molecular flexibility index (Phi) is 10.2. The van der Waals surface area contributed by atoms with Crippen molar-refractivity contribution in [2.75, 3.05) is 10.8 Å². The van der Waals surface area contributed by atoms with Crippen molar-refractivity contribution >= 4 is 62.3 Å². The van der Waals surface area contributed by atoms with E-state index in [9.17, 15) is 18.0 Å². The van der Waals surface area contributed by atoms with E-state index in [2.05, 4.69) is 5.32 Å². The monoisotopic (exact) mass is 623 g/mol. The first-order valence-electron chi connectivity index (χ1n) is 12.5. The normalized spacial score (nSPS) is 12.5. The zero-order valence-electron chi connectivity index (χ0n) is 22.9. The first-order chi connectivity index (χ1) is 18.6. The molecule has 3 rings (SSSR count). The Balaban J connectivity index is 2.08. The van der Waals surface area contributed by atoms with E-state index in [1.165, 1.54) is 35.2 Å². The highest BCUT2D eigenvalue weighted by molar-refractivity contribution is 7.92. The molecular formula is C29H32Cl3N3O4S. The van der Waals surface area contributed by atoms with Crippen LogP contribution in [-0.4, -0.2) is 43.3 Å². The maximum absolute atomic E-state index is 14.0. The van der Waals surface area contributed by atoms with E-state index in [0.717, 1.165) is 9.87 Å². The predicted molar refractivity (Wildman–Crippen MR) is 162 cm³/mol. The maximum atomic E-state index is 14.0. The Morgan fingerprint density at radius 3 is 2.05 bits per heavy atom. The van der Waals surface area contributed by atoms with E-state index in [4.69, 9.17) is 34.8 Å². The lowest BCUT2D eigenvalue weighted by Crippen LogP contribution is -2.54. The Hall–Kier alpha value is -2.78. The molecule has 0 saturated carbocycles. The number of hydrogen-bond acceptors (Lipinski definition) is 4. The molecule has 0 unspecified atom stereocenters. The Morgan fingerprint density at radius 2 is 1.50 bits per heavy atom. The van der Waals surface area contributed by atoms with Crippen LogP contribution in [0.5, 0.6) is 0 Å². The number of aryl methyl sites for hydroxylation is 1. The summed E-state index contributed by atoms with van der Waals surface area (Å²) >= 11 is 18.8. The minimum absolute atomic E-state index is 0.0156. The number of rotatable bonds is 9. The van der Waals surface area contributed by atoms with Crippen molar-refractivity contribution in [2.24, 2.45) is 0 Å². The van der Waals surface area contributed by atoms with Gasteiger partial charge in [-0.1, -0.05) is 70.7 Å². The van der Waals surface area contributed by atoms with Gasteiger partial charge in [-0.05, 0) is 76.6 Å². The zero-order chi connectivity index (χ0) is 29.8. The second kappa shape index (κ2) is 12.8. The summed E-state index contributed by atoms with van der Waals surface area (Å²) in [4.78, 5) is 28.5. The molecule has 3 aromatic carbocycles. The van der Waals surface area contributed by atoms with Gasteiger partial charge >= 0.3 is 0 Å². The van der Waals surface area contributed by atoms with Gasteiger partial charge in [-0.2, -0.15) is 0 Å². The van der Waals surface area contributed by atoms with Crippen LogP contribution in [0.1, 0.15) is 38.8 Å². The van der Waals surface area contributed by atoms with Crippen LogP contribution < -0.4 is 9.62 Å². The number of hydrogen-bond donors (Lipinski definition) is 1. The predicted octanol–water partition coefficient (Wildman–Crippen LogP) is 6.48. The third-order valence-electron chi connectivity index (χ3n) is 5.99. The number of nitrogens with one attached hydrogen (secondary N) is 1. The molecule has 2 amide bonds. The van der Waals surface area contributed by atoms with Crippen molar-refractivity contribution in [1.82, 2.24) is 10.2 Å². The summed E-state index contributed by atoms with van der Waals surface area (Å²) in [6.07, 6.45) is 0. The summed E-state index contributed by atoms with van der Waals surface area (Å²) in [5, 5.41) is 3.69. The quantitative estimate of drug-likeness (QED) is 0.295. The van der Waals surface area contributed by atoms with Gasteiger partial charge in [0.05, 0.1) is 10.6 Å². The van der Waals surface area contributed by atoms with Crippen molar-refractivity contribution in [3.05, 3.63) is 92.9 Å². The van der Waals surface area contributed by atoms with Crippen LogP contribution >= 0.6 is 34.8 Å². The molecule has 0 aliphatic carbocycles. The van der Waals surface area contributed by atoms with E-state index in [0.29, 0.717) is 10.6 Å². The molecular weight excluding hydrogens is 593 g/mol. The van der Waals surface area contributed by atoms with Crippen LogP contribution in [0.25, 0.3) is 0 Å². The van der Waals surface area contributed by atoms with Gasteiger partial charge in [0.1, 0.15) is 12.6 Å².